The number of piperidine rings is 2. The smallest absolute Gasteiger partial charge is 0.257 e. The van der Waals surface area contributed by atoms with Gasteiger partial charge in [0.15, 0.2) is 5.72 Å². The fourth-order valence-corrected chi connectivity index (χ4v) is 6.99. The van der Waals surface area contributed by atoms with E-state index in [1.165, 1.54) is 19.3 Å². The van der Waals surface area contributed by atoms with Crippen molar-refractivity contribution in [3.05, 3.63) is 35.4 Å². The second-order valence-corrected chi connectivity index (χ2v) is 7.94. The van der Waals surface area contributed by atoms with Crippen molar-refractivity contribution in [1.82, 2.24) is 4.90 Å². The molecule has 108 valence electrons. The third kappa shape index (κ3) is 1.01. The molecule has 1 N–H and O–H groups in total. The molecule has 3 heterocycles. The van der Waals surface area contributed by atoms with Gasteiger partial charge in [-0.05, 0) is 55.4 Å². The van der Waals surface area contributed by atoms with Gasteiger partial charge in [-0.2, -0.15) is 0 Å². The quantitative estimate of drug-likeness (QED) is 0.793. The summed E-state index contributed by atoms with van der Waals surface area (Å²) in [5, 5.41) is 11.7. The van der Waals surface area contributed by atoms with Crippen molar-refractivity contribution in [2.75, 3.05) is 0 Å². The molecule has 7 rings (SSSR count). The zero-order valence-corrected chi connectivity index (χ0v) is 11.9. The van der Waals surface area contributed by atoms with Crippen molar-refractivity contribution < 1.29 is 9.90 Å². The Balaban J connectivity index is 1.64. The average molecular weight is 281 g/mol. The van der Waals surface area contributed by atoms with Crippen molar-refractivity contribution >= 4 is 5.91 Å². The highest BCUT2D eigenvalue weighted by atomic mass is 16.3. The van der Waals surface area contributed by atoms with Crippen molar-refractivity contribution in [2.24, 2.45) is 29.6 Å². The summed E-state index contributed by atoms with van der Waals surface area (Å²) in [5.41, 5.74) is 0.629. The monoisotopic (exact) mass is 281 g/mol. The van der Waals surface area contributed by atoms with E-state index in [1.54, 1.807) is 0 Å². The first-order chi connectivity index (χ1) is 10.2. The van der Waals surface area contributed by atoms with Gasteiger partial charge in [0.25, 0.3) is 5.91 Å². The van der Waals surface area contributed by atoms with Crippen LogP contribution in [0.3, 0.4) is 0 Å². The third-order valence-corrected chi connectivity index (χ3v) is 7.34. The minimum absolute atomic E-state index is 0.0744. The van der Waals surface area contributed by atoms with E-state index in [2.05, 4.69) is 0 Å². The Hall–Kier alpha value is -1.35. The lowest BCUT2D eigenvalue weighted by atomic mass is 9.54. The Morgan fingerprint density at radius 1 is 1.10 bits per heavy atom. The molecule has 0 radical (unpaired) electrons. The first kappa shape index (κ1) is 11.2. The second kappa shape index (κ2) is 3.19. The molecule has 3 heteroatoms. The van der Waals surface area contributed by atoms with Crippen LogP contribution in [0.4, 0.5) is 0 Å². The Morgan fingerprint density at radius 3 is 2.81 bits per heavy atom. The molecule has 2 saturated heterocycles. The Bertz CT molecular complexity index is 686. The molecular formula is C18H19NO2. The predicted octanol–water partition coefficient (Wildman–Crippen LogP) is 2.35. The summed E-state index contributed by atoms with van der Waals surface area (Å²) in [6.45, 7) is 0. The molecule has 6 aliphatic rings. The molecule has 3 nitrogen and oxygen atoms in total. The van der Waals surface area contributed by atoms with Gasteiger partial charge in [-0.15, -0.1) is 0 Å². The fourth-order valence-electron chi connectivity index (χ4n) is 6.99. The Labute approximate surface area is 123 Å². The molecular weight excluding hydrogens is 262 g/mol. The van der Waals surface area contributed by atoms with Gasteiger partial charge in [0.05, 0.1) is 0 Å². The first-order valence-electron chi connectivity index (χ1n) is 8.35. The van der Waals surface area contributed by atoms with Gasteiger partial charge >= 0.3 is 0 Å². The van der Waals surface area contributed by atoms with Crippen LogP contribution in [-0.4, -0.2) is 22.0 Å². The number of benzene rings is 1. The van der Waals surface area contributed by atoms with E-state index in [1.807, 2.05) is 29.2 Å². The number of aliphatic hydroxyl groups is 1. The van der Waals surface area contributed by atoms with Gasteiger partial charge in [0.1, 0.15) is 0 Å². The van der Waals surface area contributed by atoms with Crippen LogP contribution in [0, 0.1) is 29.6 Å². The van der Waals surface area contributed by atoms with Crippen molar-refractivity contribution in [1.29, 1.82) is 0 Å². The van der Waals surface area contributed by atoms with Crippen LogP contribution in [-0.2, 0) is 5.72 Å². The van der Waals surface area contributed by atoms with Gasteiger partial charge in [0, 0.05) is 23.1 Å². The van der Waals surface area contributed by atoms with Crippen LogP contribution in [0.15, 0.2) is 24.3 Å². The lowest BCUT2D eigenvalue weighted by Gasteiger charge is -2.62. The molecule has 0 aromatic heterocycles. The van der Waals surface area contributed by atoms with Crippen LogP contribution < -0.4 is 0 Å². The standard InChI is InChI=1S/C18H19NO2/c20-17-11-3-1-2-4-14(11)18(21)16-10-5-9-6-12(13(16)7-9)15(8-10)19(17)18/h1-4,9-10,12-13,15-16,21H,5-8H2/t9?,10?,12?,13?,15-,16?,18+/m0/s1. The minimum Gasteiger partial charge on any atom is -0.366 e. The molecule has 5 unspecified atom stereocenters. The zero-order chi connectivity index (χ0) is 13.9. The molecule has 7 atom stereocenters. The van der Waals surface area contributed by atoms with E-state index in [9.17, 15) is 9.90 Å². The molecule has 1 aromatic rings. The van der Waals surface area contributed by atoms with Crippen molar-refractivity contribution in [2.45, 2.75) is 37.5 Å². The van der Waals surface area contributed by atoms with Gasteiger partial charge in [-0.25, -0.2) is 0 Å². The number of rotatable bonds is 0. The van der Waals surface area contributed by atoms with Gasteiger partial charge in [-0.1, -0.05) is 18.2 Å². The normalized spacial score (nSPS) is 51.5. The maximum atomic E-state index is 12.9. The first-order valence-corrected chi connectivity index (χ1v) is 8.35. The van der Waals surface area contributed by atoms with E-state index in [4.69, 9.17) is 0 Å². The summed E-state index contributed by atoms with van der Waals surface area (Å²) >= 11 is 0. The summed E-state index contributed by atoms with van der Waals surface area (Å²) in [6, 6.07) is 8.04. The van der Waals surface area contributed by atoms with E-state index in [0.29, 0.717) is 17.8 Å². The Morgan fingerprint density at radius 2 is 1.90 bits per heavy atom. The highest BCUT2D eigenvalue weighted by Gasteiger charge is 2.71. The predicted molar refractivity (Wildman–Crippen MR) is 76.2 cm³/mol. The molecule has 3 saturated carbocycles. The van der Waals surface area contributed by atoms with Gasteiger partial charge in [-0.3, -0.25) is 4.79 Å². The SMILES string of the molecule is O=C1c2ccccc2[C@@]2(O)C3C4CC5CC3C(C5)[C@H](C4)N12. The van der Waals surface area contributed by atoms with Gasteiger partial charge in [0.2, 0.25) is 0 Å². The molecule has 5 bridgehead atoms. The number of carbonyl (C=O) groups excluding carboxylic acids is 1. The molecule has 5 fully saturated rings. The molecule has 1 aromatic carbocycles. The lowest BCUT2D eigenvalue weighted by molar-refractivity contribution is -0.252. The maximum Gasteiger partial charge on any atom is 0.257 e. The molecule has 1 amide bonds. The molecule has 3 aliphatic carbocycles. The highest BCUT2D eigenvalue weighted by molar-refractivity contribution is 6.00. The summed E-state index contributed by atoms with van der Waals surface area (Å²) in [5.74, 6) is 3.13. The van der Waals surface area contributed by atoms with E-state index < -0.39 is 5.72 Å². The van der Waals surface area contributed by atoms with Crippen LogP contribution >= 0.6 is 0 Å². The minimum atomic E-state index is -1.00. The highest BCUT2D eigenvalue weighted by Crippen LogP contribution is 2.69. The van der Waals surface area contributed by atoms with E-state index in [-0.39, 0.29) is 17.9 Å². The molecule has 0 spiro atoms. The van der Waals surface area contributed by atoms with E-state index >= 15 is 0 Å². The Kier molecular flexibility index (Phi) is 1.71. The number of nitrogens with zero attached hydrogens (tertiary/aromatic N) is 1. The maximum absolute atomic E-state index is 12.9. The fraction of sp³-hybridized carbons (Fsp3) is 0.611. The van der Waals surface area contributed by atoms with Crippen LogP contribution in [0.25, 0.3) is 0 Å². The summed E-state index contributed by atoms with van der Waals surface area (Å²) in [7, 11) is 0. The van der Waals surface area contributed by atoms with Crippen LogP contribution in [0.5, 0.6) is 0 Å². The van der Waals surface area contributed by atoms with Crippen LogP contribution in [0.2, 0.25) is 0 Å². The number of hydrogen-bond acceptors (Lipinski definition) is 2. The third-order valence-electron chi connectivity index (χ3n) is 7.34. The number of carbonyl (C=O) groups is 1. The average Bonchev–Trinajstić information content (AvgIpc) is 2.89. The van der Waals surface area contributed by atoms with Gasteiger partial charge < -0.3 is 10.0 Å². The number of amides is 1. The van der Waals surface area contributed by atoms with Crippen molar-refractivity contribution in [3.8, 4) is 0 Å². The second-order valence-electron chi connectivity index (χ2n) is 7.94. The van der Waals surface area contributed by atoms with Crippen molar-refractivity contribution in [3.63, 3.8) is 0 Å². The topological polar surface area (TPSA) is 40.5 Å². The summed E-state index contributed by atoms with van der Waals surface area (Å²) < 4.78 is 0. The zero-order valence-electron chi connectivity index (χ0n) is 11.9. The summed E-state index contributed by atoms with van der Waals surface area (Å²) in [4.78, 5) is 14.8. The molecule has 3 aliphatic heterocycles. The molecule has 21 heavy (non-hydrogen) atoms. The van der Waals surface area contributed by atoms with Crippen LogP contribution in [0.1, 0.15) is 41.6 Å². The number of fused-ring (bicyclic) bond motifs is 2. The lowest BCUT2D eigenvalue weighted by Crippen LogP contribution is -2.69. The largest absolute Gasteiger partial charge is 0.366 e. The summed E-state index contributed by atoms with van der Waals surface area (Å²) in [6.07, 6.45) is 4.98. The number of hydrogen-bond donors (Lipinski definition) is 1. The van der Waals surface area contributed by atoms with E-state index in [0.717, 1.165) is 23.5 Å².